The number of benzene rings is 1. The van der Waals surface area contributed by atoms with Gasteiger partial charge in [0.15, 0.2) is 0 Å². The van der Waals surface area contributed by atoms with E-state index < -0.39 is 0 Å². The molecule has 17 heavy (non-hydrogen) atoms. The molecule has 1 rings (SSSR count). The second kappa shape index (κ2) is 5.82. The maximum atomic E-state index is 13.9. The quantitative estimate of drug-likeness (QED) is 0.790. The van der Waals surface area contributed by atoms with E-state index in [0.29, 0.717) is 12.2 Å². The third kappa shape index (κ3) is 3.56. The molecule has 1 unspecified atom stereocenters. The van der Waals surface area contributed by atoms with E-state index in [1.165, 1.54) is 0 Å². The van der Waals surface area contributed by atoms with Gasteiger partial charge in [-0.2, -0.15) is 0 Å². The summed E-state index contributed by atoms with van der Waals surface area (Å²) in [5.41, 5.74) is 2.58. The van der Waals surface area contributed by atoms with Crippen molar-refractivity contribution in [2.75, 3.05) is 25.5 Å². The molecule has 1 N–H and O–H groups in total. The summed E-state index contributed by atoms with van der Waals surface area (Å²) in [6.07, 6.45) is 0. The zero-order chi connectivity index (χ0) is 13.0. The van der Waals surface area contributed by atoms with E-state index in [-0.39, 0.29) is 11.9 Å². The maximum Gasteiger partial charge on any atom is 0.146 e. The molecular formula is C14H21FN2. The third-order valence-electron chi connectivity index (χ3n) is 2.82. The zero-order valence-corrected chi connectivity index (χ0v) is 11.0. The molecule has 0 aliphatic rings. The minimum atomic E-state index is -0.187. The summed E-state index contributed by atoms with van der Waals surface area (Å²) in [5.74, 6) is -0.187. The van der Waals surface area contributed by atoms with Crippen LogP contribution in [0.1, 0.15) is 25.5 Å². The Morgan fingerprint density at radius 2 is 2.18 bits per heavy atom. The van der Waals surface area contributed by atoms with Crippen molar-refractivity contribution < 1.29 is 4.39 Å². The Morgan fingerprint density at radius 1 is 1.53 bits per heavy atom. The Kier molecular flexibility index (Phi) is 4.70. The molecule has 2 nitrogen and oxygen atoms in total. The van der Waals surface area contributed by atoms with Crippen molar-refractivity contribution in [3.8, 4) is 0 Å². The molecule has 0 aliphatic heterocycles. The molecular weight excluding hydrogens is 215 g/mol. The van der Waals surface area contributed by atoms with E-state index in [4.69, 9.17) is 0 Å². The molecule has 0 fully saturated rings. The number of nitrogens with zero attached hydrogens (tertiary/aromatic N) is 1. The Labute approximate surface area is 103 Å². The van der Waals surface area contributed by atoms with Crippen LogP contribution in [-0.4, -0.2) is 20.6 Å². The van der Waals surface area contributed by atoms with Crippen molar-refractivity contribution in [3.63, 3.8) is 0 Å². The van der Waals surface area contributed by atoms with Crippen molar-refractivity contribution >= 4 is 5.69 Å². The second-order valence-electron chi connectivity index (χ2n) is 4.53. The average Bonchev–Trinajstić information content (AvgIpc) is 2.26. The van der Waals surface area contributed by atoms with Gasteiger partial charge < -0.3 is 10.2 Å². The summed E-state index contributed by atoms with van der Waals surface area (Å²) in [7, 11) is 3.73. The topological polar surface area (TPSA) is 15.3 Å². The van der Waals surface area contributed by atoms with Crippen LogP contribution >= 0.6 is 0 Å². The van der Waals surface area contributed by atoms with Crippen molar-refractivity contribution in [3.05, 3.63) is 41.7 Å². The highest BCUT2D eigenvalue weighted by atomic mass is 19.1. The first-order valence-electron chi connectivity index (χ1n) is 5.78. The van der Waals surface area contributed by atoms with E-state index in [1.807, 2.05) is 45.0 Å². The monoisotopic (exact) mass is 236 g/mol. The Hall–Kier alpha value is -1.35. The smallest absolute Gasteiger partial charge is 0.146 e. The standard InChI is InChI=1S/C14H21FN2/c1-10(2)9-17(5)14-7-6-12(8-13(14)15)11(3)16-4/h6-8,11,16H,1,9H2,2-5H3. The van der Waals surface area contributed by atoms with Crippen molar-refractivity contribution in [2.24, 2.45) is 0 Å². The fourth-order valence-corrected chi connectivity index (χ4v) is 1.76. The van der Waals surface area contributed by atoms with E-state index in [0.717, 1.165) is 11.1 Å². The van der Waals surface area contributed by atoms with Crippen LogP contribution in [0.4, 0.5) is 10.1 Å². The molecule has 0 amide bonds. The Balaban J connectivity index is 2.93. The highest BCUT2D eigenvalue weighted by Crippen LogP contribution is 2.22. The van der Waals surface area contributed by atoms with Crippen LogP contribution in [-0.2, 0) is 0 Å². The van der Waals surface area contributed by atoms with E-state index in [2.05, 4.69) is 11.9 Å². The number of halogens is 1. The molecule has 0 heterocycles. The summed E-state index contributed by atoms with van der Waals surface area (Å²) >= 11 is 0. The van der Waals surface area contributed by atoms with E-state index in [1.54, 1.807) is 6.07 Å². The number of rotatable bonds is 5. The predicted octanol–water partition coefficient (Wildman–Crippen LogP) is 3.12. The van der Waals surface area contributed by atoms with E-state index in [9.17, 15) is 4.39 Å². The molecule has 1 aromatic carbocycles. The van der Waals surface area contributed by atoms with Crippen LogP contribution in [0.3, 0.4) is 0 Å². The lowest BCUT2D eigenvalue weighted by atomic mass is 10.1. The predicted molar refractivity (Wildman–Crippen MR) is 72.0 cm³/mol. The summed E-state index contributed by atoms with van der Waals surface area (Å²) in [6, 6.07) is 5.52. The molecule has 3 heteroatoms. The third-order valence-corrected chi connectivity index (χ3v) is 2.82. The fourth-order valence-electron chi connectivity index (χ4n) is 1.76. The first-order chi connectivity index (χ1) is 7.95. The fraction of sp³-hybridized carbons (Fsp3) is 0.429. The lowest BCUT2D eigenvalue weighted by Crippen LogP contribution is -2.20. The summed E-state index contributed by atoms with van der Waals surface area (Å²) < 4.78 is 13.9. The number of anilines is 1. The van der Waals surface area contributed by atoms with Gasteiger partial charge in [-0.05, 0) is 38.6 Å². The molecule has 94 valence electrons. The molecule has 0 radical (unpaired) electrons. The molecule has 0 saturated carbocycles. The van der Waals surface area contributed by atoms with Gasteiger partial charge >= 0.3 is 0 Å². The van der Waals surface area contributed by atoms with Crippen molar-refractivity contribution in [2.45, 2.75) is 19.9 Å². The van der Waals surface area contributed by atoms with Crippen molar-refractivity contribution in [1.29, 1.82) is 0 Å². The zero-order valence-electron chi connectivity index (χ0n) is 11.0. The lowest BCUT2D eigenvalue weighted by molar-refractivity contribution is 0.606. The van der Waals surface area contributed by atoms with Crippen LogP contribution in [0.25, 0.3) is 0 Å². The minimum Gasteiger partial charge on any atom is -0.368 e. The van der Waals surface area contributed by atoms with Gasteiger partial charge in [0.2, 0.25) is 0 Å². The minimum absolute atomic E-state index is 0.157. The van der Waals surface area contributed by atoms with Gasteiger partial charge in [0.1, 0.15) is 5.82 Å². The SMILES string of the molecule is C=C(C)CN(C)c1ccc(C(C)NC)cc1F. The number of nitrogens with one attached hydrogen (secondary N) is 1. The Bertz CT molecular complexity index is 401. The van der Waals surface area contributed by atoms with E-state index >= 15 is 0 Å². The van der Waals surface area contributed by atoms with Gasteiger partial charge in [-0.3, -0.25) is 0 Å². The van der Waals surface area contributed by atoms with Crippen LogP contribution in [0.2, 0.25) is 0 Å². The van der Waals surface area contributed by atoms with Crippen LogP contribution in [0, 0.1) is 5.82 Å². The molecule has 1 atom stereocenters. The van der Waals surface area contributed by atoms with Crippen molar-refractivity contribution in [1.82, 2.24) is 5.32 Å². The molecule has 0 saturated heterocycles. The largest absolute Gasteiger partial charge is 0.368 e. The van der Waals surface area contributed by atoms with Crippen LogP contribution in [0.5, 0.6) is 0 Å². The van der Waals surface area contributed by atoms with Crippen LogP contribution in [0.15, 0.2) is 30.4 Å². The number of hydrogen-bond acceptors (Lipinski definition) is 2. The molecule has 0 aromatic heterocycles. The molecule has 0 bridgehead atoms. The van der Waals surface area contributed by atoms with Gasteiger partial charge in [0, 0.05) is 19.6 Å². The first kappa shape index (κ1) is 13.7. The summed E-state index contributed by atoms with van der Waals surface area (Å²) in [4.78, 5) is 1.87. The van der Waals surface area contributed by atoms with Gasteiger partial charge in [-0.1, -0.05) is 18.2 Å². The molecule has 0 spiro atoms. The maximum absolute atomic E-state index is 13.9. The number of likely N-dealkylation sites (N-methyl/N-ethyl adjacent to an activating group) is 1. The highest BCUT2D eigenvalue weighted by molar-refractivity contribution is 5.49. The summed E-state index contributed by atoms with van der Waals surface area (Å²) in [6.45, 7) is 8.44. The normalized spacial score (nSPS) is 12.3. The van der Waals surface area contributed by atoms with Gasteiger partial charge in [0.05, 0.1) is 5.69 Å². The van der Waals surface area contributed by atoms with Gasteiger partial charge in [-0.25, -0.2) is 4.39 Å². The van der Waals surface area contributed by atoms with Gasteiger partial charge in [-0.15, -0.1) is 0 Å². The molecule has 1 aromatic rings. The van der Waals surface area contributed by atoms with Crippen LogP contribution < -0.4 is 10.2 Å². The number of hydrogen-bond donors (Lipinski definition) is 1. The van der Waals surface area contributed by atoms with Gasteiger partial charge in [0.25, 0.3) is 0 Å². The molecule has 0 aliphatic carbocycles. The highest BCUT2D eigenvalue weighted by Gasteiger charge is 2.10. The first-order valence-corrected chi connectivity index (χ1v) is 5.78. The summed E-state index contributed by atoms with van der Waals surface area (Å²) in [5, 5.41) is 3.09. The average molecular weight is 236 g/mol. The lowest BCUT2D eigenvalue weighted by Gasteiger charge is -2.21. The second-order valence-corrected chi connectivity index (χ2v) is 4.53. The Morgan fingerprint density at radius 3 is 2.65 bits per heavy atom.